The number of nitrogens with zero attached hydrogens (tertiary/aromatic N) is 3. The first-order valence-electron chi connectivity index (χ1n) is 9.04. The summed E-state index contributed by atoms with van der Waals surface area (Å²) in [4.78, 5) is 13.9. The zero-order valence-corrected chi connectivity index (χ0v) is 14.2. The maximum Gasteiger partial charge on any atom is 0.139 e. The van der Waals surface area contributed by atoms with Gasteiger partial charge in [0.25, 0.3) is 0 Å². The van der Waals surface area contributed by atoms with Crippen LogP contribution in [0.15, 0.2) is 55.1 Å². The number of fused-ring (bicyclic) bond motifs is 3. The maximum atomic E-state index is 4.59. The quantitative estimate of drug-likeness (QED) is 0.605. The third kappa shape index (κ3) is 2.61. The lowest BCUT2D eigenvalue weighted by molar-refractivity contribution is -0.919. The predicted octanol–water partition coefficient (Wildman–Crippen LogP) is 2.33. The summed E-state index contributed by atoms with van der Waals surface area (Å²) in [5.74, 6) is 0. The molecule has 5 rings (SSSR count). The third-order valence-corrected chi connectivity index (χ3v) is 5.47. The summed E-state index contributed by atoms with van der Waals surface area (Å²) in [5, 5.41) is 1.18. The Morgan fingerprint density at radius 2 is 1.92 bits per heavy atom. The standard InChI is InChI=1S/C20H21N5/c1-2-4-15(5-3-1)13-24-10-7-16(8-11-24)25-14-23-18-12-22-20-17(19(18)25)6-9-21-20/h1-6,9,12,14,16H,7-8,10-11,13H2,(H,21,22)/p+1. The fourth-order valence-electron chi connectivity index (χ4n) is 4.16. The summed E-state index contributed by atoms with van der Waals surface area (Å²) in [7, 11) is 0. The van der Waals surface area contributed by atoms with Crippen LogP contribution in [0.5, 0.6) is 0 Å². The molecule has 1 aromatic carbocycles. The van der Waals surface area contributed by atoms with Gasteiger partial charge in [0.2, 0.25) is 0 Å². The fraction of sp³-hybridized carbons (Fsp3) is 0.300. The molecule has 1 aliphatic rings. The van der Waals surface area contributed by atoms with E-state index in [1.165, 1.54) is 42.4 Å². The summed E-state index contributed by atoms with van der Waals surface area (Å²) in [6, 6.07) is 13.5. The molecule has 0 spiro atoms. The minimum absolute atomic E-state index is 0.532. The molecule has 1 fully saturated rings. The van der Waals surface area contributed by atoms with E-state index in [1.807, 2.05) is 18.7 Å². The zero-order valence-electron chi connectivity index (χ0n) is 14.2. The van der Waals surface area contributed by atoms with E-state index < -0.39 is 0 Å². The van der Waals surface area contributed by atoms with Crippen molar-refractivity contribution in [2.45, 2.75) is 25.4 Å². The highest BCUT2D eigenvalue weighted by Crippen LogP contribution is 2.27. The Labute approximate surface area is 146 Å². The van der Waals surface area contributed by atoms with Crippen molar-refractivity contribution in [2.75, 3.05) is 13.1 Å². The van der Waals surface area contributed by atoms with Gasteiger partial charge >= 0.3 is 0 Å². The minimum Gasteiger partial charge on any atom is -0.346 e. The second-order valence-corrected chi connectivity index (χ2v) is 7.03. The summed E-state index contributed by atoms with van der Waals surface area (Å²) in [6.45, 7) is 3.55. The molecule has 2 N–H and O–H groups in total. The van der Waals surface area contributed by atoms with Gasteiger partial charge < -0.3 is 14.5 Å². The Bertz CT molecular complexity index is 993. The molecule has 25 heavy (non-hydrogen) atoms. The third-order valence-electron chi connectivity index (χ3n) is 5.47. The van der Waals surface area contributed by atoms with Crippen molar-refractivity contribution < 1.29 is 4.90 Å². The van der Waals surface area contributed by atoms with Crippen LogP contribution in [0.4, 0.5) is 0 Å². The number of nitrogens with one attached hydrogen (secondary N) is 2. The number of piperidine rings is 1. The van der Waals surface area contributed by atoms with E-state index in [2.05, 4.69) is 55.9 Å². The molecular formula is C20H22N5+. The van der Waals surface area contributed by atoms with Crippen molar-refractivity contribution in [2.24, 2.45) is 0 Å². The second kappa shape index (κ2) is 6.01. The predicted molar refractivity (Wildman–Crippen MR) is 98.5 cm³/mol. The Morgan fingerprint density at radius 3 is 2.76 bits per heavy atom. The molecule has 0 amide bonds. The highest BCUT2D eigenvalue weighted by atomic mass is 15.2. The molecule has 0 saturated carbocycles. The SMILES string of the molecule is c1ccc(C[NH+]2CCC(n3cnc4cnc5[nH]ccc5c43)CC2)cc1. The highest BCUT2D eigenvalue weighted by molar-refractivity contribution is 6.00. The smallest absolute Gasteiger partial charge is 0.139 e. The number of imidazole rings is 1. The van der Waals surface area contributed by atoms with Crippen molar-refractivity contribution in [3.63, 3.8) is 0 Å². The Hall–Kier alpha value is -2.66. The second-order valence-electron chi connectivity index (χ2n) is 7.03. The summed E-state index contributed by atoms with van der Waals surface area (Å²) in [6.07, 6.45) is 8.23. The highest BCUT2D eigenvalue weighted by Gasteiger charge is 2.25. The van der Waals surface area contributed by atoms with Crippen LogP contribution in [0.3, 0.4) is 0 Å². The lowest BCUT2D eigenvalue weighted by Gasteiger charge is -2.30. The number of hydrogen-bond acceptors (Lipinski definition) is 2. The van der Waals surface area contributed by atoms with Crippen LogP contribution in [0, 0.1) is 0 Å². The number of pyridine rings is 1. The van der Waals surface area contributed by atoms with Crippen LogP contribution >= 0.6 is 0 Å². The van der Waals surface area contributed by atoms with E-state index >= 15 is 0 Å². The first-order valence-corrected chi connectivity index (χ1v) is 9.04. The minimum atomic E-state index is 0.532. The van der Waals surface area contributed by atoms with Gasteiger partial charge in [0.05, 0.1) is 31.1 Å². The molecule has 3 aromatic heterocycles. The normalized spacial score (nSPS) is 21.1. The maximum absolute atomic E-state index is 4.59. The van der Waals surface area contributed by atoms with Crippen LogP contribution in [-0.2, 0) is 6.54 Å². The van der Waals surface area contributed by atoms with Crippen molar-refractivity contribution in [1.82, 2.24) is 19.5 Å². The number of benzene rings is 1. The molecule has 0 aliphatic carbocycles. The number of hydrogen-bond donors (Lipinski definition) is 2. The lowest BCUT2D eigenvalue weighted by Crippen LogP contribution is -3.11. The van der Waals surface area contributed by atoms with Gasteiger partial charge in [0.15, 0.2) is 0 Å². The van der Waals surface area contributed by atoms with Gasteiger partial charge in [-0.1, -0.05) is 30.3 Å². The Balaban J connectivity index is 1.37. The van der Waals surface area contributed by atoms with Gasteiger partial charge in [-0.2, -0.15) is 0 Å². The molecular weight excluding hydrogens is 310 g/mol. The molecule has 0 radical (unpaired) electrons. The number of aromatic nitrogens is 4. The van der Waals surface area contributed by atoms with E-state index in [0.717, 1.165) is 17.7 Å². The van der Waals surface area contributed by atoms with Crippen LogP contribution in [0.25, 0.3) is 22.1 Å². The summed E-state index contributed by atoms with van der Waals surface area (Å²) >= 11 is 0. The van der Waals surface area contributed by atoms with Crippen LogP contribution in [0.2, 0.25) is 0 Å². The molecule has 5 heteroatoms. The van der Waals surface area contributed by atoms with Crippen LogP contribution in [0.1, 0.15) is 24.4 Å². The van der Waals surface area contributed by atoms with Crippen molar-refractivity contribution in [3.05, 3.63) is 60.7 Å². The summed E-state index contributed by atoms with van der Waals surface area (Å²) < 4.78 is 2.38. The Morgan fingerprint density at radius 1 is 1.08 bits per heavy atom. The molecule has 5 nitrogen and oxygen atoms in total. The van der Waals surface area contributed by atoms with Crippen molar-refractivity contribution >= 4 is 22.1 Å². The van der Waals surface area contributed by atoms with E-state index in [0.29, 0.717) is 6.04 Å². The molecule has 0 bridgehead atoms. The first kappa shape index (κ1) is 14.7. The van der Waals surface area contributed by atoms with Crippen molar-refractivity contribution in [3.8, 4) is 0 Å². The molecule has 0 unspecified atom stereocenters. The summed E-state index contributed by atoms with van der Waals surface area (Å²) in [5.41, 5.74) is 4.60. The molecule has 0 atom stereocenters. The number of aromatic amines is 1. The monoisotopic (exact) mass is 332 g/mol. The van der Waals surface area contributed by atoms with Crippen LogP contribution < -0.4 is 4.90 Å². The topological polar surface area (TPSA) is 50.9 Å². The largest absolute Gasteiger partial charge is 0.346 e. The van der Waals surface area contributed by atoms with E-state index in [9.17, 15) is 0 Å². The van der Waals surface area contributed by atoms with Gasteiger partial charge in [0, 0.05) is 36.0 Å². The number of H-pyrrole nitrogens is 1. The average molecular weight is 332 g/mol. The molecule has 4 aromatic rings. The van der Waals surface area contributed by atoms with Gasteiger partial charge in [-0.25, -0.2) is 9.97 Å². The molecule has 1 saturated heterocycles. The van der Waals surface area contributed by atoms with E-state index in [-0.39, 0.29) is 0 Å². The van der Waals surface area contributed by atoms with Gasteiger partial charge in [-0.15, -0.1) is 0 Å². The van der Waals surface area contributed by atoms with E-state index in [4.69, 9.17) is 0 Å². The first-order chi connectivity index (χ1) is 12.4. The Kier molecular flexibility index (Phi) is 3.52. The molecule has 126 valence electrons. The van der Waals surface area contributed by atoms with Crippen molar-refractivity contribution in [1.29, 1.82) is 0 Å². The molecule has 1 aliphatic heterocycles. The zero-order chi connectivity index (χ0) is 16.6. The number of likely N-dealkylation sites (tertiary alicyclic amines) is 1. The molecule has 4 heterocycles. The fourth-order valence-corrected chi connectivity index (χ4v) is 4.16. The average Bonchev–Trinajstić information content (AvgIpc) is 3.29. The number of rotatable bonds is 3. The lowest BCUT2D eigenvalue weighted by atomic mass is 10.0. The van der Waals surface area contributed by atoms with Gasteiger partial charge in [0.1, 0.15) is 17.7 Å². The van der Waals surface area contributed by atoms with Gasteiger partial charge in [-0.05, 0) is 6.07 Å². The number of quaternary nitrogens is 1. The van der Waals surface area contributed by atoms with E-state index in [1.54, 1.807) is 4.90 Å². The van der Waals surface area contributed by atoms with Gasteiger partial charge in [-0.3, -0.25) is 0 Å². The van der Waals surface area contributed by atoms with Crippen LogP contribution in [-0.4, -0.2) is 32.6 Å².